The molecule has 1 aromatic heterocycles. The van der Waals surface area contributed by atoms with Crippen LogP contribution in [0.4, 0.5) is 10.7 Å². The molecule has 0 aromatic carbocycles. The van der Waals surface area contributed by atoms with Gasteiger partial charge in [-0.2, -0.15) is 0 Å². The maximum atomic E-state index is 12.2. The third-order valence-electron chi connectivity index (χ3n) is 3.19. The molecule has 0 amide bonds. The van der Waals surface area contributed by atoms with E-state index in [1.54, 1.807) is 0 Å². The Hall–Kier alpha value is -1.27. The second-order valence-corrected chi connectivity index (χ2v) is 8.26. The van der Waals surface area contributed by atoms with E-state index >= 15 is 0 Å². The van der Waals surface area contributed by atoms with Gasteiger partial charge in [0.05, 0.1) is 4.92 Å². The normalized spacial score (nSPS) is 12.7. The molecule has 0 spiro atoms. The number of nitrogens with two attached hydrogens (primary N) is 1. The number of hydrazine groups is 1. The highest BCUT2D eigenvalue weighted by atomic mass is 32.2. The third kappa shape index (κ3) is 4.11. The van der Waals surface area contributed by atoms with Crippen LogP contribution in [0.15, 0.2) is 10.3 Å². The molecule has 0 bridgehead atoms. The minimum Gasteiger partial charge on any atom is -0.310 e. The molecule has 1 rings (SSSR count). The maximum absolute atomic E-state index is 12.2. The van der Waals surface area contributed by atoms with Crippen LogP contribution in [-0.2, 0) is 10.0 Å². The summed E-state index contributed by atoms with van der Waals surface area (Å²) in [7, 11) is -0.162. The average Bonchev–Trinajstić information content (AvgIpc) is 2.81. The van der Waals surface area contributed by atoms with Gasteiger partial charge in [0.2, 0.25) is 10.0 Å². The smallest absolute Gasteiger partial charge is 0.306 e. The van der Waals surface area contributed by atoms with Crippen LogP contribution >= 0.6 is 11.3 Å². The lowest BCUT2D eigenvalue weighted by atomic mass is 10.1. The summed E-state index contributed by atoms with van der Waals surface area (Å²) in [6.45, 7) is 3.91. The standard InChI is InChI=1S/C10H19N5O4S2/c1-10(2,14(3)4)6-12-21(18,19)8-5-7(15(16)17)9(13-11)20-8/h5,12-13H,6,11H2,1-4H3. The zero-order valence-corrected chi connectivity index (χ0v) is 13.8. The molecule has 4 N–H and O–H groups in total. The van der Waals surface area contributed by atoms with Crippen molar-refractivity contribution in [1.29, 1.82) is 0 Å². The lowest BCUT2D eigenvalue weighted by Gasteiger charge is -2.32. The van der Waals surface area contributed by atoms with Gasteiger partial charge in [-0.3, -0.25) is 10.1 Å². The van der Waals surface area contributed by atoms with Crippen molar-refractivity contribution in [3.05, 3.63) is 16.2 Å². The van der Waals surface area contributed by atoms with Crippen molar-refractivity contribution in [3.8, 4) is 0 Å². The molecule has 0 saturated heterocycles. The van der Waals surface area contributed by atoms with Gasteiger partial charge in [-0.25, -0.2) is 19.0 Å². The number of rotatable bonds is 7. The zero-order valence-electron chi connectivity index (χ0n) is 12.2. The predicted octanol–water partition coefficient (Wildman–Crippen LogP) is 0.560. The van der Waals surface area contributed by atoms with E-state index in [2.05, 4.69) is 10.1 Å². The number of nitrogens with zero attached hydrogens (tertiary/aromatic N) is 2. The van der Waals surface area contributed by atoms with Crippen molar-refractivity contribution in [3.63, 3.8) is 0 Å². The lowest BCUT2D eigenvalue weighted by molar-refractivity contribution is -0.383. The number of anilines is 1. The van der Waals surface area contributed by atoms with Crippen LogP contribution in [0.3, 0.4) is 0 Å². The first-order valence-electron chi connectivity index (χ1n) is 5.93. The van der Waals surface area contributed by atoms with Crippen molar-refractivity contribution in [2.75, 3.05) is 26.1 Å². The fraction of sp³-hybridized carbons (Fsp3) is 0.600. The molecule has 1 aromatic rings. The third-order valence-corrected chi connectivity index (χ3v) is 6.12. The minimum absolute atomic E-state index is 0.00718. The molecule has 0 fully saturated rings. The van der Waals surface area contributed by atoms with Gasteiger partial charge in [0.25, 0.3) is 0 Å². The summed E-state index contributed by atoms with van der Waals surface area (Å²) in [4.78, 5) is 12.0. The molecule has 0 aliphatic rings. The zero-order chi connectivity index (χ0) is 16.4. The maximum Gasteiger partial charge on any atom is 0.306 e. The molecular weight excluding hydrogens is 318 g/mol. The second-order valence-electron chi connectivity index (χ2n) is 5.21. The molecule has 9 nitrogen and oxygen atoms in total. The van der Waals surface area contributed by atoms with Gasteiger partial charge in [-0.1, -0.05) is 11.3 Å². The average molecular weight is 337 g/mol. The minimum atomic E-state index is -3.83. The molecular formula is C10H19N5O4S2. The Labute approximate surface area is 127 Å². The number of hydrogen-bond donors (Lipinski definition) is 3. The monoisotopic (exact) mass is 337 g/mol. The van der Waals surface area contributed by atoms with Crippen LogP contribution in [0.1, 0.15) is 13.8 Å². The van der Waals surface area contributed by atoms with Crippen molar-refractivity contribution in [2.24, 2.45) is 5.84 Å². The highest BCUT2D eigenvalue weighted by Crippen LogP contribution is 2.36. The van der Waals surface area contributed by atoms with E-state index in [9.17, 15) is 18.5 Å². The summed E-state index contributed by atoms with van der Waals surface area (Å²) in [5, 5.41) is 10.8. The molecule has 11 heteroatoms. The Morgan fingerprint density at radius 1 is 1.48 bits per heavy atom. The van der Waals surface area contributed by atoms with E-state index < -0.39 is 20.5 Å². The van der Waals surface area contributed by atoms with E-state index in [-0.39, 0.29) is 21.4 Å². The summed E-state index contributed by atoms with van der Waals surface area (Å²) in [6.07, 6.45) is 0. The van der Waals surface area contributed by atoms with Crippen LogP contribution in [0.25, 0.3) is 0 Å². The summed E-state index contributed by atoms with van der Waals surface area (Å²) in [5.41, 5.74) is 1.37. The first-order valence-corrected chi connectivity index (χ1v) is 8.23. The van der Waals surface area contributed by atoms with Crippen LogP contribution < -0.4 is 16.0 Å². The van der Waals surface area contributed by atoms with Crippen LogP contribution in [0.5, 0.6) is 0 Å². The Bertz CT molecular complexity index is 623. The van der Waals surface area contributed by atoms with Gasteiger partial charge in [-0.05, 0) is 27.9 Å². The van der Waals surface area contributed by atoms with Gasteiger partial charge in [0.1, 0.15) is 4.21 Å². The predicted molar refractivity (Wildman–Crippen MR) is 81.7 cm³/mol. The molecule has 0 unspecified atom stereocenters. The highest BCUT2D eigenvalue weighted by molar-refractivity contribution is 7.91. The number of hydrogen-bond acceptors (Lipinski definition) is 8. The summed E-state index contributed by atoms with van der Waals surface area (Å²) >= 11 is 0.712. The number of sulfonamides is 1. The lowest BCUT2D eigenvalue weighted by Crippen LogP contribution is -2.48. The van der Waals surface area contributed by atoms with E-state index in [0.29, 0.717) is 11.3 Å². The summed E-state index contributed by atoms with van der Waals surface area (Å²) < 4.78 is 26.7. The van der Waals surface area contributed by atoms with Crippen molar-refractivity contribution < 1.29 is 13.3 Å². The highest BCUT2D eigenvalue weighted by Gasteiger charge is 2.28. The van der Waals surface area contributed by atoms with Crippen LogP contribution in [-0.4, -0.2) is 44.4 Å². The van der Waals surface area contributed by atoms with Crippen molar-refractivity contribution in [1.82, 2.24) is 9.62 Å². The van der Waals surface area contributed by atoms with Gasteiger partial charge in [0.15, 0.2) is 5.00 Å². The largest absolute Gasteiger partial charge is 0.310 e. The second kappa shape index (κ2) is 6.23. The summed E-state index contributed by atoms with van der Waals surface area (Å²) in [5.74, 6) is 5.16. The number of nitrogen functional groups attached to an aromatic ring is 1. The molecule has 0 aliphatic carbocycles. The van der Waals surface area contributed by atoms with Crippen molar-refractivity contribution >= 4 is 32.0 Å². The molecule has 120 valence electrons. The number of likely N-dealkylation sites (N-methyl/N-ethyl adjacent to an activating group) is 1. The van der Waals surface area contributed by atoms with E-state index in [0.717, 1.165) is 6.07 Å². The van der Waals surface area contributed by atoms with Crippen LogP contribution in [0, 0.1) is 10.1 Å². The first kappa shape index (κ1) is 17.8. The molecule has 0 atom stereocenters. The fourth-order valence-corrected chi connectivity index (χ4v) is 3.72. The van der Waals surface area contributed by atoms with Gasteiger partial charge < -0.3 is 10.3 Å². The Morgan fingerprint density at radius 3 is 2.43 bits per heavy atom. The number of nitro groups is 1. The SMILES string of the molecule is CN(C)C(C)(C)CNS(=O)(=O)c1cc([N+](=O)[O-])c(NN)s1. The number of thiophene rings is 1. The quantitative estimate of drug-likeness (QED) is 0.376. The van der Waals surface area contributed by atoms with E-state index in [4.69, 9.17) is 5.84 Å². The number of nitrogens with one attached hydrogen (secondary N) is 2. The Morgan fingerprint density at radius 2 is 2.05 bits per heavy atom. The van der Waals surface area contributed by atoms with Gasteiger partial charge in [0, 0.05) is 18.2 Å². The van der Waals surface area contributed by atoms with Crippen molar-refractivity contribution in [2.45, 2.75) is 23.6 Å². The van der Waals surface area contributed by atoms with Crippen LogP contribution in [0.2, 0.25) is 0 Å². The molecule has 21 heavy (non-hydrogen) atoms. The molecule has 0 radical (unpaired) electrons. The molecule has 0 saturated carbocycles. The Kier molecular flexibility index (Phi) is 5.28. The Balaban J connectivity index is 3.01. The van der Waals surface area contributed by atoms with E-state index in [1.807, 2.05) is 32.8 Å². The topological polar surface area (TPSA) is 131 Å². The first-order chi connectivity index (χ1) is 9.51. The van der Waals surface area contributed by atoms with Gasteiger partial charge in [-0.15, -0.1) is 0 Å². The summed E-state index contributed by atoms with van der Waals surface area (Å²) in [6, 6.07) is 0.991. The fourth-order valence-electron chi connectivity index (χ4n) is 1.23. The van der Waals surface area contributed by atoms with Gasteiger partial charge >= 0.3 is 5.69 Å². The molecule has 0 aliphatic heterocycles. The molecule has 1 heterocycles. The van der Waals surface area contributed by atoms with E-state index in [1.165, 1.54) is 0 Å².